The molecule has 0 aliphatic carbocycles. The Kier molecular flexibility index (Phi) is 4.35. The zero-order chi connectivity index (χ0) is 8.97. The smallest absolute Gasteiger partial charge is 0.268 e. The molecule has 2 unspecified atom stereocenters. The van der Waals surface area contributed by atoms with Crippen LogP contribution in [0.25, 0.3) is 0 Å². The molecule has 1 rings (SSSR count). The Morgan fingerprint density at radius 2 is 2.58 bits per heavy atom. The number of rotatable bonds is 3. The molecule has 0 saturated carbocycles. The van der Waals surface area contributed by atoms with Gasteiger partial charge in [-0.2, -0.15) is 5.06 Å². The SMILES string of the molecule is CCC1CNCCN1OP(N)O. The fourth-order valence-electron chi connectivity index (χ4n) is 1.31. The van der Waals surface area contributed by atoms with Crippen LogP contribution in [0, 0.1) is 0 Å². The monoisotopic (exact) mass is 193 g/mol. The number of hydrogen-bond donors (Lipinski definition) is 3. The average molecular weight is 193 g/mol. The van der Waals surface area contributed by atoms with E-state index < -0.39 is 8.53 Å². The van der Waals surface area contributed by atoms with Gasteiger partial charge in [-0.05, 0) is 6.42 Å². The second-order valence-corrected chi connectivity index (χ2v) is 3.56. The molecule has 1 heterocycles. The van der Waals surface area contributed by atoms with E-state index in [1.165, 1.54) is 0 Å². The van der Waals surface area contributed by atoms with Crippen LogP contribution in [0.5, 0.6) is 0 Å². The first-order valence-electron chi connectivity index (χ1n) is 4.13. The molecule has 0 amide bonds. The largest absolute Gasteiger partial charge is 0.337 e. The van der Waals surface area contributed by atoms with Crippen molar-refractivity contribution in [3.8, 4) is 0 Å². The second-order valence-electron chi connectivity index (χ2n) is 2.79. The van der Waals surface area contributed by atoms with Crippen LogP contribution in [-0.4, -0.2) is 35.6 Å². The van der Waals surface area contributed by atoms with Gasteiger partial charge in [-0.25, -0.2) is 4.62 Å². The highest BCUT2D eigenvalue weighted by molar-refractivity contribution is 7.43. The summed E-state index contributed by atoms with van der Waals surface area (Å²) in [5.41, 5.74) is 5.18. The van der Waals surface area contributed by atoms with Crippen LogP contribution in [-0.2, 0) is 4.62 Å². The quantitative estimate of drug-likeness (QED) is 0.540. The van der Waals surface area contributed by atoms with E-state index in [1.807, 2.05) is 0 Å². The maximum atomic E-state index is 8.88. The molecule has 0 radical (unpaired) electrons. The lowest BCUT2D eigenvalue weighted by Gasteiger charge is -2.34. The first kappa shape index (κ1) is 10.3. The molecule has 2 atom stereocenters. The van der Waals surface area contributed by atoms with Crippen molar-refractivity contribution in [2.45, 2.75) is 19.4 Å². The van der Waals surface area contributed by atoms with Crippen molar-refractivity contribution in [1.82, 2.24) is 10.4 Å². The first-order chi connectivity index (χ1) is 5.74. The molecule has 0 bridgehead atoms. The molecule has 1 aliphatic heterocycles. The summed E-state index contributed by atoms with van der Waals surface area (Å²) >= 11 is 0. The third-order valence-electron chi connectivity index (χ3n) is 1.96. The number of piperazine rings is 1. The van der Waals surface area contributed by atoms with Crippen molar-refractivity contribution >= 4 is 8.53 Å². The maximum Gasteiger partial charge on any atom is 0.268 e. The van der Waals surface area contributed by atoms with E-state index in [2.05, 4.69) is 12.2 Å². The van der Waals surface area contributed by atoms with Crippen molar-refractivity contribution in [1.29, 1.82) is 0 Å². The van der Waals surface area contributed by atoms with Crippen molar-refractivity contribution in [3.05, 3.63) is 0 Å². The normalized spacial score (nSPS) is 28.8. The summed E-state index contributed by atoms with van der Waals surface area (Å²) in [5, 5.41) is 5.03. The van der Waals surface area contributed by atoms with E-state index in [9.17, 15) is 0 Å². The number of nitrogens with zero attached hydrogens (tertiary/aromatic N) is 1. The van der Waals surface area contributed by atoms with Crippen LogP contribution in [0.1, 0.15) is 13.3 Å². The predicted molar refractivity (Wildman–Crippen MR) is 48.1 cm³/mol. The third kappa shape index (κ3) is 2.94. The molecular weight excluding hydrogens is 177 g/mol. The molecule has 0 aromatic rings. The molecule has 0 spiro atoms. The maximum absolute atomic E-state index is 8.88. The predicted octanol–water partition coefficient (Wildman–Crippen LogP) is -0.220. The van der Waals surface area contributed by atoms with Gasteiger partial charge in [0.1, 0.15) is 0 Å². The highest BCUT2D eigenvalue weighted by Crippen LogP contribution is 2.24. The molecule has 1 aliphatic rings. The van der Waals surface area contributed by atoms with Crippen molar-refractivity contribution in [2.24, 2.45) is 5.50 Å². The molecule has 4 N–H and O–H groups in total. The number of nitrogens with one attached hydrogen (secondary N) is 1. The third-order valence-corrected chi connectivity index (χ3v) is 2.33. The van der Waals surface area contributed by atoms with E-state index in [-0.39, 0.29) is 0 Å². The van der Waals surface area contributed by atoms with E-state index in [0.29, 0.717) is 6.04 Å². The van der Waals surface area contributed by atoms with E-state index in [4.69, 9.17) is 15.0 Å². The minimum Gasteiger partial charge on any atom is -0.337 e. The summed E-state index contributed by atoms with van der Waals surface area (Å²) in [6.07, 6.45) is 0.996. The van der Waals surface area contributed by atoms with Crippen molar-refractivity contribution < 1.29 is 9.52 Å². The highest BCUT2D eigenvalue weighted by atomic mass is 31.2. The van der Waals surface area contributed by atoms with E-state index in [1.54, 1.807) is 5.06 Å². The van der Waals surface area contributed by atoms with Crippen LogP contribution in [0.15, 0.2) is 0 Å². The van der Waals surface area contributed by atoms with Gasteiger partial charge < -0.3 is 10.2 Å². The lowest BCUT2D eigenvalue weighted by atomic mass is 10.2. The number of hydroxylamine groups is 2. The summed E-state index contributed by atoms with van der Waals surface area (Å²) in [6, 6.07) is 0.333. The summed E-state index contributed by atoms with van der Waals surface area (Å²) in [7, 11) is -1.76. The summed E-state index contributed by atoms with van der Waals surface area (Å²) in [4.78, 5) is 8.88. The van der Waals surface area contributed by atoms with E-state index in [0.717, 1.165) is 26.1 Å². The minimum absolute atomic E-state index is 0.333. The average Bonchev–Trinajstić information content (AvgIpc) is 2.04. The number of nitrogens with two attached hydrogens (primary N) is 1. The molecule has 12 heavy (non-hydrogen) atoms. The summed E-state index contributed by atoms with van der Waals surface area (Å²) in [5.74, 6) is 0. The van der Waals surface area contributed by atoms with Gasteiger partial charge in [-0.1, -0.05) is 6.92 Å². The molecular formula is C6H16N3O2P. The van der Waals surface area contributed by atoms with Gasteiger partial charge in [0.15, 0.2) is 0 Å². The zero-order valence-electron chi connectivity index (χ0n) is 7.23. The Balaban J connectivity index is 2.36. The lowest BCUT2D eigenvalue weighted by molar-refractivity contribution is -0.105. The van der Waals surface area contributed by atoms with Crippen LogP contribution >= 0.6 is 8.53 Å². The molecule has 72 valence electrons. The van der Waals surface area contributed by atoms with Gasteiger partial charge in [-0.15, -0.1) is 0 Å². The highest BCUT2D eigenvalue weighted by Gasteiger charge is 2.22. The second kappa shape index (κ2) is 5.07. The van der Waals surface area contributed by atoms with Crippen LogP contribution < -0.4 is 10.8 Å². The van der Waals surface area contributed by atoms with Gasteiger partial charge in [-0.3, -0.25) is 5.50 Å². The van der Waals surface area contributed by atoms with Crippen molar-refractivity contribution in [3.63, 3.8) is 0 Å². The standard InChI is InChI=1S/C6H16N3O2P/c1-2-6-5-8-3-4-9(6)11-12(7)10/h6,8,10H,2-5,7H2,1H3. The lowest BCUT2D eigenvalue weighted by Crippen LogP contribution is -2.50. The number of hydrogen-bond acceptors (Lipinski definition) is 5. The van der Waals surface area contributed by atoms with Gasteiger partial charge in [0, 0.05) is 25.7 Å². The minimum atomic E-state index is -1.76. The Labute approximate surface area is 73.8 Å². The van der Waals surface area contributed by atoms with Crippen molar-refractivity contribution in [2.75, 3.05) is 19.6 Å². The van der Waals surface area contributed by atoms with Gasteiger partial charge in [0.05, 0.1) is 0 Å². The van der Waals surface area contributed by atoms with Gasteiger partial charge >= 0.3 is 0 Å². The Hall–Kier alpha value is 0.230. The van der Waals surface area contributed by atoms with Crippen LogP contribution in [0.4, 0.5) is 0 Å². The Morgan fingerprint density at radius 3 is 3.17 bits per heavy atom. The molecule has 1 saturated heterocycles. The fraction of sp³-hybridized carbons (Fsp3) is 1.00. The summed E-state index contributed by atoms with van der Waals surface area (Å²) in [6.45, 7) is 4.67. The topological polar surface area (TPSA) is 70.8 Å². The molecule has 6 heteroatoms. The van der Waals surface area contributed by atoms with Crippen LogP contribution in [0.3, 0.4) is 0 Å². The van der Waals surface area contributed by atoms with E-state index >= 15 is 0 Å². The Bertz CT molecular complexity index is 136. The van der Waals surface area contributed by atoms with Crippen LogP contribution in [0.2, 0.25) is 0 Å². The van der Waals surface area contributed by atoms with Gasteiger partial charge in [0.25, 0.3) is 8.53 Å². The Morgan fingerprint density at radius 1 is 1.83 bits per heavy atom. The molecule has 5 nitrogen and oxygen atoms in total. The summed E-state index contributed by atoms with van der Waals surface area (Å²) < 4.78 is 5.09. The molecule has 0 aromatic carbocycles. The fourth-order valence-corrected chi connectivity index (χ4v) is 1.74. The first-order valence-corrected chi connectivity index (χ1v) is 5.41. The van der Waals surface area contributed by atoms with Gasteiger partial charge in [0.2, 0.25) is 0 Å². The molecule has 0 aromatic heterocycles. The molecule has 1 fully saturated rings. The zero-order valence-corrected chi connectivity index (χ0v) is 8.13.